The van der Waals surface area contributed by atoms with Crippen LogP contribution >= 0.6 is 0 Å². The average Bonchev–Trinajstić information content (AvgIpc) is 3.11. The normalized spacial score (nSPS) is 10.6. The third-order valence-corrected chi connectivity index (χ3v) is 4.06. The number of rotatable bonds is 8. The Bertz CT molecular complexity index is 876. The minimum atomic E-state index is -0.327. The number of hydrogen-bond acceptors (Lipinski definition) is 3. The van der Waals surface area contributed by atoms with E-state index in [9.17, 15) is 9.18 Å². The Morgan fingerprint density at radius 1 is 1.15 bits per heavy atom. The van der Waals surface area contributed by atoms with E-state index in [0.717, 1.165) is 12.8 Å². The van der Waals surface area contributed by atoms with Crippen molar-refractivity contribution in [2.75, 3.05) is 13.2 Å². The summed E-state index contributed by atoms with van der Waals surface area (Å²) in [7, 11) is 0. The van der Waals surface area contributed by atoms with Crippen LogP contribution in [0.1, 0.15) is 29.4 Å². The van der Waals surface area contributed by atoms with Crippen molar-refractivity contribution in [1.29, 1.82) is 0 Å². The molecular formula is C21H22FN3O2. The molecule has 0 unspecified atom stereocenters. The van der Waals surface area contributed by atoms with Gasteiger partial charge in [-0.05, 0) is 49.6 Å². The summed E-state index contributed by atoms with van der Waals surface area (Å²) in [4.78, 5) is 12.5. The van der Waals surface area contributed by atoms with E-state index in [1.54, 1.807) is 18.3 Å². The quantitative estimate of drug-likeness (QED) is 0.617. The fourth-order valence-electron chi connectivity index (χ4n) is 2.73. The highest BCUT2D eigenvalue weighted by Crippen LogP contribution is 2.20. The van der Waals surface area contributed by atoms with E-state index in [2.05, 4.69) is 22.5 Å². The average molecular weight is 367 g/mol. The number of halogens is 1. The predicted molar refractivity (Wildman–Crippen MR) is 102 cm³/mol. The van der Waals surface area contributed by atoms with Gasteiger partial charge < -0.3 is 10.1 Å². The van der Waals surface area contributed by atoms with Gasteiger partial charge in [0.2, 0.25) is 0 Å². The summed E-state index contributed by atoms with van der Waals surface area (Å²) in [6, 6.07) is 16.0. The van der Waals surface area contributed by atoms with Gasteiger partial charge in [-0.15, -0.1) is 0 Å². The first-order valence-corrected chi connectivity index (χ1v) is 8.98. The molecule has 0 aliphatic carbocycles. The molecule has 1 heterocycles. The molecule has 0 saturated carbocycles. The summed E-state index contributed by atoms with van der Waals surface area (Å²) < 4.78 is 20.2. The second-order valence-corrected chi connectivity index (χ2v) is 6.04. The van der Waals surface area contributed by atoms with E-state index in [0.29, 0.717) is 24.6 Å². The van der Waals surface area contributed by atoms with Crippen LogP contribution in [0.5, 0.6) is 5.75 Å². The van der Waals surface area contributed by atoms with Crippen LogP contribution in [-0.4, -0.2) is 28.8 Å². The van der Waals surface area contributed by atoms with Crippen molar-refractivity contribution in [3.63, 3.8) is 0 Å². The summed E-state index contributed by atoms with van der Waals surface area (Å²) in [5.74, 6) is -0.206. The highest BCUT2D eigenvalue weighted by atomic mass is 19.1. The van der Waals surface area contributed by atoms with Gasteiger partial charge in [-0.3, -0.25) is 4.79 Å². The molecule has 1 aromatic heterocycles. The van der Waals surface area contributed by atoms with Gasteiger partial charge in [0.25, 0.3) is 5.91 Å². The second kappa shape index (κ2) is 8.98. The third-order valence-electron chi connectivity index (χ3n) is 4.06. The first-order chi connectivity index (χ1) is 13.2. The smallest absolute Gasteiger partial charge is 0.275 e. The van der Waals surface area contributed by atoms with Gasteiger partial charge in [0.1, 0.15) is 5.82 Å². The lowest BCUT2D eigenvalue weighted by Crippen LogP contribution is -2.26. The van der Waals surface area contributed by atoms with Crippen LogP contribution in [0.15, 0.2) is 60.8 Å². The van der Waals surface area contributed by atoms with Crippen molar-refractivity contribution >= 4 is 5.91 Å². The zero-order valence-electron chi connectivity index (χ0n) is 15.2. The lowest BCUT2D eigenvalue weighted by atomic mass is 10.1. The fourth-order valence-corrected chi connectivity index (χ4v) is 2.73. The number of carbonyl (C=O) groups excluding carboxylic acids is 1. The molecule has 0 radical (unpaired) electrons. The lowest BCUT2D eigenvalue weighted by molar-refractivity contribution is 0.0944. The minimum Gasteiger partial charge on any atom is -0.490 e. The van der Waals surface area contributed by atoms with Gasteiger partial charge in [-0.2, -0.15) is 5.10 Å². The molecule has 3 aromatic rings. The minimum absolute atomic E-state index is 0.223. The fraction of sp³-hybridized carbons (Fsp3) is 0.238. The van der Waals surface area contributed by atoms with Crippen molar-refractivity contribution in [3.05, 3.63) is 77.9 Å². The van der Waals surface area contributed by atoms with Crippen LogP contribution in [0.2, 0.25) is 0 Å². The molecule has 2 aromatic carbocycles. The van der Waals surface area contributed by atoms with Crippen molar-refractivity contribution < 1.29 is 13.9 Å². The van der Waals surface area contributed by atoms with Crippen LogP contribution in [0.3, 0.4) is 0 Å². The maximum atomic E-state index is 13.1. The molecule has 0 aliphatic rings. The number of hydrogen-bond donors (Lipinski definition) is 1. The number of aryl methyl sites for hydroxylation is 1. The Kier molecular flexibility index (Phi) is 6.20. The largest absolute Gasteiger partial charge is 0.490 e. The summed E-state index contributed by atoms with van der Waals surface area (Å²) >= 11 is 0. The second-order valence-electron chi connectivity index (χ2n) is 6.04. The van der Waals surface area contributed by atoms with E-state index >= 15 is 0 Å². The number of ether oxygens (including phenoxy) is 1. The summed E-state index contributed by atoms with van der Waals surface area (Å²) in [5.41, 5.74) is 2.11. The summed E-state index contributed by atoms with van der Waals surface area (Å²) in [5, 5.41) is 7.21. The Morgan fingerprint density at radius 2 is 1.89 bits per heavy atom. The van der Waals surface area contributed by atoms with Gasteiger partial charge in [0, 0.05) is 6.54 Å². The molecule has 1 N–H and O–H groups in total. The maximum Gasteiger partial charge on any atom is 0.275 e. The van der Waals surface area contributed by atoms with Crippen molar-refractivity contribution in [2.45, 2.75) is 19.8 Å². The number of carbonyl (C=O) groups is 1. The third kappa shape index (κ3) is 4.94. The molecule has 0 fully saturated rings. The van der Waals surface area contributed by atoms with Crippen LogP contribution in [0.4, 0.5) is 4.39 Å². The Labute approximate surface area is 157 Å². The van der Waals surface area contributed by atoms with Crippen LogP contribution < -0.4 is 10.1 Å². The molecule has 0 aliphatic heterocycles. The molecule has 0 spiro atoms. The molecule has 1 amide bonds. The predicted octanol–water partition coefficient (Wildman–Crippen LogP) is 3.77. The molecule has 0 saturated heterocycles. The summed E-state index contributed by atoms with van der Waals surface area (Å²) in [6.45, 7) is 2.81. The molecule has 0 bridgehead atoms. The van der Waals surface area contributed by atoms with Gasteiger partial charge in [0.05, 0.1) is 18.5 Å². The highest BCUT2D eigenvalue weighted by Gasteiger charge is 2.18. The number of nitrogens with one attached hydrogen (secondary N) is 1. The van der Waals surface area contributed by atoms with Crippen LogP contribution in [0, 0.1) is 5.82 Å². The first kappa shape index (κ1) is 18.6. The van der Waals surface area contributed by atoms with Crippen LogP contribution in [0.25, 0.3) is 5.69 Å². The molecular weight excluding hydrogens is 345 g/mol. The Morgan fingerprint density at radius 3 is 2.59 bits per heavy atom. The standard InChI is InChI=1S/C21H22FN3O2/c1-2-27-19-15-25(18-12-10-17(22)11-13-18)24-20(19)21(26)23-14-6-9-16-7-4-3-5-8-16/h3-5,7-8,10-13,15H,2,6,9,14H2,1H3,(H,23,26). The number of aromatic nitrogens is 2. The van der Waals surface area contributed by atoms with Gasteiger partial charge in [0.15, 0.2) is 11.4 Å². The number of amides is 1. The highest BCUT2D eigenvalue weighted by molar-refractivity contribution is 5.94. The van der Waals surface area contributed by atoms with Crippen LogP contribution in [-0.2, 0) is 6.42 Å². The molecule has 27 heavy (non-hydrogen) atoms. The Hall–Kier alpha value is -3.15. The van der Waals surface area contributed by atoms with Gasteiger partial charge in [-0.1, -0.05) is 30.3 Å². The topological polar surface area (TPSA) is 56.2 Å². The lowest BCUT2D eigenvalue weighted by Gasteiger charge is -2.05. The maximum absolute atomic E-state index is 13.1. The van der Waals surface area contributed by atoms with E-state index in [1.807, 2.05) is 25.1 Å². The number of nitrogens with zero attached hydrogens (tertiary/aromatic N) is 2. The molecule has 3 rings (SSSR count). The zero-order chi connectivity index (χ0) is 19.1. The zero-order valence-corrected chi connectivity index (χ0v) is 15.2. The van der Waals surface area contributed by atoms with E-state index in [-0.39, 0.29) is 17.4 Å². The van der Waals surface area contributed by atoms with Crippen molar-refractivity contribution in [3.8, 4) is 11.4 Å². The molecule has 6 heteroatoms. The molecule has 5 nitrogen and oxygen atoms in total. The van der Waals surface area contributed by atoms with Gasteiger partial charge in [-0.25, -0.2) is 9.07 Å². The van der Waals surface area contributed by atoms with E-state index in [1.165, 1.54) is 22.4 Å². The van der Waals surface area contributed by atoms with E-state index < -0.39 is 0 Å². The van der Waals surface area contributed by atoms with Crippen molar-refractivity contribution in [2.24, 2.45) is 0 Å². The van der Waals surface area contributed by atoms with Crippen molar-refractivity contribution in [1.82, 2.24) is 15.1 Å². The van der Waals surface area contributed by atoms with Gasteiger partial charge >= 0.3 is 0 Å². The monoisotopic (exact) mass is 367 g/mol. The first-order valence-electron chi connectivity index (χ1n) is 8.98. The summed E-state index contributed by atoms with van der Waals surface area (Å²) in [6.07, 6.45) is 3.36. The number of benzene rings is 2. The van der Waals surface area contributed by atoms with E-state index in [4.69, 9.17) is 4.74 Å². The SMILES string of the molecule is CCOc1cn(-c2ccc(F)cc2)nc1C(=O)NCCCc1ccccc1. The Balaban J connectivity index is 1.65. The molecule has 140 valence electrons. The molecule has 0 atom stereocenters.